The van der Waals surface area contributed by atoms with Crippen molar-refractivity contribution in [2.75, 3.05) is 19.7 Å². The van der Waals surface area contributed by atoms with E-state index in [1.54, 1.807) is 20.8 Å². The molecule has 1 rings (SSSR count). The van der Waals surface area contributed by atoms with E-state index in [9.17, 15) is 19.8 Å². The molecule has 0 aromatic heterocycles. The summed E-state index contributed by atoms with van der Waals surface area (Å²) in [4.78, 5) is 24.2. The molecule has 96 valence electrons. The smallest absolute Gasteiger partial charge is 0.339 e. The molecule has 0 saturated carbocycles. The topological polar surface area (TPSA) is 87.1 Å². The summed E-state index contributed by atoms with van der Waals surface area (Å²) in [5.41, 5.74) is -1.14. The van der Waals surface area contributed by atoms with Crippen molar-refractivity contribution in [3.05, 3.63) is 11.3 Å². The Hall–Kier alpha value is -1.56. The van der Waals surface area contributed by atoms with Gasteiger partial charge in [-0.05, 0) is 20.8 Å². The second kappa shape index (κ2) is 4.75. The molecule has 0 fully saturated rings. The van der Waals surface area contributed by atoms with Crippen LogP contribution in [0, 0.1) is 0 Å². The number of carbonyl (C=O) groups excluding carboxylic acids is 2. The fraction of sp³-hybridized carbons (Fsp3) is 0.636. The summed E-state index contributed by atoms with van der Waals surface area (Å²) in [6.07, 6.45) is 0. The van der Waals surface area contributed by atoms with E-state index in [4.69, 9.17) is 4.74 Å². The molecule has 0 aliphatic carbocycles. The highest BCUT2D eigenvalue weighted by molar-refractivity contribution is 6.05. The lowest BCUT2D eigenvalue weighted by Crippen LogP contribution is -2.40. The summed E-state index contributed by atoms with van der Waals surface area (Å²) in [6.45, 7) is 4.90. The minimum Gasteiger partial charge on any atom is -0.503 e. The fourth-order valence-electron chi connectivity index (χ4n) is 1.59. The maximum absolute atomic E-state index is 11.6. The van der Waals surface area contributed by atoms with Crippen LogP contribution in [0.2, 0.25) is 0 Å². The number of nitrogens with zero attached hydrogens (tertiary/aromatic N) is 1. The van der Waals surface area contributed by atoms with E-state index in [1.807, 2.05) is 0 Å². The average molecular weight is 243 g/mol. The lowest BCUT2D eigenvalue weighted by molar-refractivity contribution is -0.138. The largest absolute Gasteiger partial charge is 0.503 e. The zero-order valence-electron chi connectivity index (χ0n) is 10.2. The van der Waals surface area contributed by atoms with Crippen LogP contribution in [0.3, 0.4) is 0 Å². The van der Waals surface area contributed by atoms with Crippen molar-refractivity contribution in [3.8, 4) is 0 Å². The highest BCUT2D eigenvalue weighted by atomic mass is 16.5. The van der Waals surface area contributed by atoms with E-state index in [0.29, 0.717) is 0 Å². The Balaban J connectivity index is 2.78. The van der Waals surface area contributed by atoms with Gasteiger partial charge >= 0.3 is 5.97 Å². The Kier molecular flexibility index (Phi) is 3.77. The molecule has 17 heavy (non-hydrogen) atoms. The molecule has 0 spiro atoms. The molecule has 1 amide bonds. The van der Waals surface area contributed by atoms with Crippen LogP contribution in [0.5, 0.6) is 0 Å². The summed E-state index contributed by atoms with van der Waals surface area (Å²) in [5.74, 6) is -1.94. The zero-order chi connectivity index (χ0) is 13.2. The lowest BCUT2D eigenvalue weighted by atomic mass is 10.1. The first kappa shape index (κ1) is 13.5. The third-order valence-electron chi connectivity index (χ3n) is 2.22. The van der Waals surface area contributed by atoms with Crippen LogP contribution in [0.4, 0.5) is 0 Å². The predicted molar refractivity (Wildman–Crippen MR) is 59.2 cm³/mol. The average Bonchev–Trinajstić information content (AvgIpc) is 2.44. The van der Waals surface area contributed by atoms with E-state index in [1.165, 1.54) is 4.90 Å². The number of hydrogen-bond donors (Lipinski definition) is 2. The van der Waals surface area contributed by atoms with Gasteiger partial charge in [0.15, 0.2) is 5.76 Å². The van der Waals surface area contributed by atoms with Gasteiger partial charge in [0.1, 0.15) is 5.57 Å². The first-order chi connectivity index (χ1) is 7.76. The number of carbonyl (C=O) groups is 2. The van der Waals surface area contributed by atoms with Crippen LogP contribution in [-0.2, 0) is 14.3 Å². The maximum Gasteiger partial charge on any atom is 0.339 e. The third kappa shape index (κ3) is 3.20. The molecule has 1 aliphatic heterocycles. The van der Waals surface area contributed by atoms with Crippen molar-refractivity contribution >= 4 is 11.9 Å². The number of aliphatic hydroxyl groups is 2. The van der Waals surface area contributed by atoms with Gasteiger partial charge in [-0.25, -0.2) is 4.79 Å². The van der Waals surface area contributed by atoms with E-state index in [2.05, 4.69) is 0 Å². The molecular formula is C11H17NO5. The Morgan fingerprint density at radius 3 is 2.59 bits per heavy atom. The molecule has 1 aliphatic rings. The van der Waals surface area contributed by atoms with Crippen molar-refractivity contribution < 1.29 is 24.5 Å². The Labute approximate surface area is 99.5 Å². The number of β-amino-alcohol motifs (C(OH)–C–C–N with tert-alkyl or cyclic N) is 1. The van der Waals surface area contributed by atoms with Gasteiger partial charge in [-0.15, -0.1) is 0 Å². The summed E-state index contributed by atoms with van der Waals surface area (Å²) in [7, 11) is 0. The highest BCUT2D eigenvalue weighted by Gasteiger charge is 2.36. The lowest BCUT2D eigenvalue weighted by Gasteiger charge is -2.25. The third-order valence-corrected chi connectivity index (χ3v) is 2.22. The van der Waals surface area contributed by atoms with Crippen LogP contribution in [0.25, 0.3) is 0 Å². The van der Waals surface area contributed by atoms with Crippen LogP contribution < -0.4 is 0 Å². The molecule has 6 nitrogen and oxygen atoms in total. The second-order valence-electron chi connectivity index (χ2n) is 4.52. The van der Waals surface area contributed by atoms with Crippen LogP contribution >= 0.6 is 0 Å². The number of ether oxygens (including phenoxy) is 1. The summed E-state index contributed by atoms with van der Waals surface area (Å²) in [5, 5.41) is 19.1. The van der Waals surface area contributed by atoms with E-state index in [0.717, 1.165) is 0 Å². The molecule has 0 bridgehead atoms. The SMILES string of the molecule is CCOC(=O)C1=C(O)C(=O)N(CC(C)(C)O)C1. The van der Waals surface area contributed by atoms with E-state index >= 15 is 0 Å². The van der Waals surface area contributed by atoms with Gasteiger partial charge in [0.25, 0.3) is 5.91 Å². The number of rotatable bonds is 4. The molecule has 0 aromatic rings. The molecule has 6 heteroatoms. The Morgan fingerprint density at radius 1 is 1.53 bits per heavy atom. The molecule has 0 atom stereocenters. The predicted octanol–water partition coefficient (Wildman–Crippen LogP) is -0.0253. The van der Waals surface area contributed by atoms with Crippen molar-refractivity contribution in [2.24, 2.45) is 0 Å². The second-order valence-corrected chi connectivity index (χ2v) is 4.52. The van der Waals surface area contributed by atoms with Gasteiger partial charge in [0, 0.05) is 6.54 Å². The van der Waals surface area contributed by atoms with Crippen molar-refractivity contribution in [2.45, 2.75) is 26.4 Å². The maximum atomic E-state index is 11.6. The van der Waals surface area contributed by atoms with Gasteiger partial charge in [-0.3, -0.25) is 4.79 Å². The molecule has 0 saturated heterocycles. The molecule has 2 N–H and O–H groups in total. The molecule has 0 aromatic carbocycles. The normalized spacial score (nSPS) is 16.7. The van der Waals surface area contributed by atoms with Gasteiger partial charge in [-0.1, -0.05) is 0 Å². The van der Waals surface area contributed by atoms with Gasteiger partial charge in [-0.2, -0.15) is 0 Å². The zero-order valence-corrected chi connectivity index (χ0v) is 10.2. The molecule has 1 heterocycles. The van der Waals surface area contributed by atoms with Crippen molar-refractivity contribution in [1.29, 1.82) is 0 Å². The highest BCUT2D eigenvalue weighted by Crippen LogP contribution is 2.20. The minimum absolute atomic E-state index is 0.0342. The summed E-state index contributed by atoms with van der Waals surface area (Å²) >= 11 is 0. The number of aliphatic hydroxyl groups excluding tert-OH is 1. The number of hydrogen-bond acceptors (Lipinski definition) is 5. The van der Waals surface area contributed by atoms with Crippen LogP contribution in [0.15, 0.2) is 11.3 Å². The van der Waals surface area contributed by atoms with Gasteiger partial charge in [0.2, 0.25) is 0 Å². The monoisotopic (exact) mass is 243 g/mol. The van der Waals surface area contributed by atoms with E-state index in [-0.39, 0.29) is 25.3 Å². The van der Waals surface area contributed by atoms with Crippen molar-refractivity contribution in [1.82, 2.24) is 4.90 Å². The van der Waals surface area contributed by atoms with Crippen LogP contribution in [-0.4, -0.2) is 52.3 Å². The molecule has 0 unspecified atom stereocenters. The molecular weight excluding hydrogens is 226 g/mol. The minimum atomic E-state index is -1.08. The first-order valence-corrected chi connectivity index (χ1v) is 5.37. The van der Waals surface area contributed by atoms with Crippen LogP contribution in [0.1, 0.15) is 20.8 Å². The Bertz CT molecular complexity index is 367. The van der Waals surface area contributed by atoms with Gasteiger partial charge in [0.05, 0.1) is 18.8 Å². The Morgan fingerprint density at radius 2 is 2.12 bits per heavy atom. The molecule has 0 radical (unpaired) electrons. The first-order valence-electron chi connectivity index (χ1n) is 5.37. The summed E-state index contributed by atoms with van der Waals surface area (Å²) < 4.78 is 4.72. The van der Waals surface area contributed by atoms with Gasteiger partial charge < -0.3 is 19.8 Å². The quantitative estimate of drug-likeness (QED) is 0.677. The fourth-order valence-corrected chi connectivity index (χ4v) is 1.59. The van der Waals surface area contributed by atoms with E-state index < -0.39 is 23.2 Å². The van der Waals surface area contributed by atoms with Crippen molar-refractivity contribution in [3.63, 3.8) is 0 Å². The standard InChI is InChI=1S/C11H17NO5/c1-4-17-10(15)7-5-12(6-11(2,3)16)9(14)8(7)13/h13,16H,4-6H2,1-3H3. The number of esters is 1. The summed E-state index contributed by atoms with van der Waals surface area (Å²) in [6, 6.07) is 0. The number of amides is 1.